The van der Waals surface area contributed by atoms with Gasteiger partial charge in [-0.05, 0) is 50.4 Å². The lowest BCUT2D eigenvalue weighted by Crippen LogP contribution is -2.42. The first kappa shape index (κ1) is 26.2. The summed E-state index contributed by atoms with van der Waals surface area (Å²) in [5.74, 6) is 0.867. The van der Waals surface area contributed by atoms with Crippen LogP contribution in [0.2, 0.25) is 0 Å². The summed E-state index contributed by atoms with van der Waals surface area (Å²) in [7, 11) is -1.21. The molecule has 1 atom stereocenters. The summed E-state index contributed by atoms with van der Waals surface area (Å²) in [5.41, 5.74) is 2.56. The van der Waals surface area contributed by atoms with Gasteiger partial charge in [0.25, 0.3) is 0 Å². The van der Waals surface area contributed by atoms with Crippen molar-refractivity contribution in [3.63, 3.8) is 0 Å². The summed E-state index contributed by atoms with van der Waals surface area (Å²) in [6.45, 7) is 6.11. The molecule has 1 aliphatic heterocycles. The molecule has 6 nitrogen and oxygen atoms in total. The van der Waals surface area contributed by atoms with E-state index in [-0.39, 0.29) is 35.8 Å². The molecule has 1 fully saturated rings. The summed E-state index contributed by atoms with van der Waals surface area (Å²) >= 11 is 0. The molecule has 0 aliphatic carbocycles. The Morgan fingerprint density at radius 3 is 2.24 bits per heavy atom. The molecule has 1 saturated heterocycles. The molecule has 29 heavy (non-hydrogen) atoms. The predicted octanol–water partition coefficient (Wildman–Crippen LogP) is 3.17. The van der Waals surface area contributed by atoms with Crippen LogP contribution < -0.4 is 10.6 Å². The average molecular weight is 537 g/mol. The van der Waals surface area contributed by atoms with Gasteiger partial charge in [-0.3, -0.25) is 9.89 Å². The number of rotatable bonds is 8. The molecular weight excluding hydrogens is 499 g/mol. The van der Waals surface area contributed by atoms with Gasteiger partial charge in [0.1, 0.15) is 9.84 Å². The lowest BCUT2D eigenvalue weighted by atomic mass is 10.1. The van der Waals surface area contributed by atoms with Gasteiger partial charge in [-0.2, -0.15) is 0 Å². The summed E-state index contributed by atoms with van der Waals surface area (Å²) in [4.78, 5) is 6.79. The topological polar surface area (TPSA) is 73.8 Å². The Balaban J connectivity index is 0.00000420. The highest BCUT2D eigenvalue weighted by Crippen LogP contribution is 2.14. The smallest absolute Gasteiger partial charge is 0.191 e. The fraction of sp³-hybridized carbons (Fsp3) is 0.667. The molecule has 0 saturated carbocycles. The normalized spacial score (nSPS) is 17.1. The van der Waals surface area contributed by atoms with E-state index >= 15 is 0 Å². The Morgan fingerprint density at radius 2 is 1.69 bits per heavy atom. The minimum Gasteiger partial charge on any atom is -0.354 e. The van der Waals surface area contributed by atoms with Crippen LogP contribution >= 0.6 is 24.0 Å². The van der Waals surface area contributed by atoms with E-state index in [1.165, 1.54) is 56.2 Å². The molecule has 0 spiro atoms. The third-order valence-electron chi connectivity index (χ3n) is 5.12. The molecule has 0 radical (unpaired) electrons. The number of hydrogen-bond acceptors (Lipinski definition) is 4. The van der Waals surface area contributed by atoms with Crippen molar-refractivity contribution in [3.8, 4) is 0 Å². The second kappa shape index (κ2) is 13.4. The average Bonchev–Trinajstić information content (AvgIpc) is 2.92. The zero-order valence-electron chi connectivity index (χ0n) is 18.0. The first-order chi connectivity index (χ1) is 13.4. The van der Waals surface area contributed by atoms with Crippen LogP contribution in [0, 0.1) is 0 Å². The number of nitrogens with zero attached hydrogens (tertiary/aromatic N) is 2. The van der Waals surface area contributed by atoms with E-state index in [0.717, 1.165) is 6.54 Å². The van der Waals surface area contributed by atoms with Crippen LogP contribution in [0.4, 0.5) is 0 Å². The summed E-state index contributed by atoms with van der Waals surface area (Å²) in [5, 5.41) is 6.55. The molecule has 1 unspecified atom stereocenters. The maximum absolute atomic E-state index is 11.3. The van der Waals surface area contributed by atoms with E-state index in [1.54, 1.807) is 7.05 Å². The van der Waals surface area contributed by atoms with Gasteiger partial charge in [0.2, 0.25) is 0 Å². The zero-order chi connectivity index (χ0) is 20.4. The van der Waals surface area contributed by atoms with Gasteiger partial charge in [0.15, 0.2) is 5.96 Å². The third-order valence-corrected chi connectivity index (χ3v) is 6.09. The highest BCUT2D eigenvalue weighted by Gasteiger charge is 2.11. The Kier molecular flexibility index (Phi) is 12.1. The van der Waals surface area contributed by atoms with Crippen LogP contribution in [0.1, 0.15) is 50.2 Å². The molecule has 1 aromatic carbocycles. The Morgan fingerprint density at radius 1 is 1.10 bits per heavy atom. The van der Waals surface area contributed by atoms with Crippen molar-refractivity contribution in [1.82, 2.24) is 15.5 Å². The molecular formula is C21H37IN4O2S. The standard InChI is InChI=1S/C21H36N4O2S.HI/c1-18(12-15-28(3,26)27)24-21(22-2)23-16-19-8-10-20(11-9-19)17-25-13-6-4-5-7-14-25;/h8-11,18H,4-7,12-17H2,1-3H3,(H2,22,23,24);1H. The number of nitrogens with one attached hydrogen (secondary N) is 2. The van der Waals surface area contributed by atoms with Crippen molar-refractivity contribution < 1.29 is 8.42 Å². The highest BCUT2D eigenvalue weighted by molar-refractivity contribution is 14.0. The summed E-state index contributed by atoms with van der Waals surface area (Å²) < 4.78 is 22.6. The number of halogens is 1. The Hall–Kier alpha value is -0.870. The molecule has 1 heterocycles. The summed E-state index contributed by atoms with van der Waals surface area (Å²) in [6, 6.07) is 8.80. The molecule has 2 N–H and O–H groups in total. The molecule has 1 aliphatic rings. The molecule has 166 valence electrons. The maximum Gasteiger partial charge on any atom is 0.191 e. The van der Waals surface area contributed by atoms with E-state index in [9.17, 15) is 8.42 Å². The van der Waals surface area contributed by atoms with E-state index in [2.05, 4.69) is 44.8 Å². The van der Waals surface area contributed by atoms with Gasteiger partial charge in [-0.1, -0.05) is 37.1 Å². The van der Waals surface area contributed by atoms with Crippen molar-refractivity contribution in [2.24, 2.45) is 4.99 Å². The molecule has 2 rings (SSSR count). The fourth-order valence-corrected chi connectivity index (χ4v) is 4.17. The van der Waals surface area contributed by atoms with E-state index in [1.807, 2.05) is 6.92 Å². The number of sulfone groups is 1. The van der Waals surface area contributed by atoms with Crippen LogP contribution in [0.5, 0.6) is 0 Å². The van der Waals surface area contributed by atoms with Crippen molar-refractivity contribution in [3.05, 3.63) is 35.4 Å². The van der Waals surface area contributed by atoms with Gasteiger partial charge in [0.05, 0.1) is 5.75 Å². The van der Waals surface area contributed by atoms with Gasteiger partial charge in [0, 0.05) is 32.4 Å². The third kappa shape index (κ3) is 11.2. The molecule has 0 aromatic heterocycles. The summed E-state index contributed by atoms with van der Waals surface area (Å²) in [6.07, 6.45) is 7.19. The number of guanidine groups is 1. The first-order valence-electron chi connectivity index (χ1n) is 10.3. The lowest BCUT2D eigenvalue weighted by Gasteiger charge is -2.20. The molecule has 8 heteroatoms. The van der Waals surface area contributed by atoms with Gasteiger partial charge in [-0.15, -0.1) is 24.0 Å². The SMILES string of the molecule is CN=C(NCc1ccc(CN2CCCCCC2)cc1)NC(C)CCS(C)(=O)=O.I. The molecule has 0 bridgehead atoms. The van der Waals surface area contributed by atoms with E-state index in [4.69, 9.17) is 0 Å². The fourth-order valence-electron chi connectivity index (χ4n) is 3.39. The molecule has 0 amide bonds. The van der Waals surface area contributed by atoms with Crippen molar-refractivity contribution >= 4 is 39.8 Å². The Labute approximate surface area is 193 Å². The number of aliphatic imine (C=N–C) groups is 1. The van der Waals surface area contributed by atoms with Crippen molar-refractivity contribution in [1.29, 1.82) is 0 Å². The van der Waals surface area contributed by atoms with Gasteiger partial charge in [-0.25, -0.2) is 8.42 Å². The number of hydrogen-bond donors (Lipinski definition) is 2. The monoisotopic (exact) mass is 536 g/mol. The zero-order valence-corrected chi connectivity index (χ0v) is 21.1. The minimum atomic E-state index is -2.94. The van der Waals surface area contributed by atoms with E-state index < -0.39 is 9.84 Å². The predicted molar refractivity (Wildman–Crippen MR) is 133 cm³/mol. The first-order valence-corrected chi connectivity index (χ1v) is 12.4. The van der Waals surface area contributed by atoms with Crippen molar-refractivity contribution in [2.45, 2.75) is 58.2 Å². The van der Waals surface area contributed by atoms with Crippen LogP contribution in [0.15, 0.2) is 29.3 Å². The van der Waals surface area contributed by atoms with Crippen LogP contribution in [0.25, 0.3) is 0 Å². The van der Waals surface area contributed by atoms with Crippen molar-refractivity contribution in [2.75, 3.05) is 32.1 Å². The number of benzene rings is 1. The second-order valence-corrected chi connectivity index (χ2v) is 10.2. The Bertz CT molecular complexity index is 715. The van der Waals surface area contributed by atoms with Crippen LogP contribution in [-0.2, 0) is 22.9 Å². The lowest BCUT2D eigenvalue weighted by molar-refractivity contribution is 0.277. The van der Waals surface area contributed by atoms with E-state index in [0.29, 0.717) is 18.9 Å². The van der Waals surface area contributed by atoms with Crippen LogP contribution in [-0.4, -0.2) is 57.5 Å². The van der Waals surface area contributed by atoms with Gasteiger partial charge < -0.3 is 10.6 Å². The largest absolute Gasteiger partial charge is 0.354 e. The highest BCUT2D eigenvalue weighted by atomic mass is 127. The minimum absolute atomic E-state index is 0. The van der Waals surface area contributed by atoms with Gasteiger partial charge >= 0.3 is 0 Å². The second-order valence-electron chi connectivity index (χ2n) is 7.90. The number of likely N-dealkylation sites (tertiary alicyclic amines) is 1. The quantitative estimate of drug-likeness (QED) is 0.304. The van der Waals surface area contributed by atoms with Crippen LogP contribution in [0.3, 0.4) is 0 Å². The maximum atomic E-state index is 11.3. The molecule has 1 aromatic rings.